The van der Waals surface area contributed by atoms with Gasteiger partial charge >= 0.3 is 0 Å². The molecule has 4 aromatic rings. The zero-order valence-corrected chi connectivity index (χ0v) is 18.2. The third kappa shape index (κ3) is 2.64. The fourth-order valence-corrected chi connectivity index (χ4v) is 6.17. The fourth-order valence-electron chi connectivity index (χ4n) is 4.85. The van der Waals surface area contributed by atoms with Crippen molar-refractivity contribution < 1.29 is 0 Å². The highest BCUT2D eigenvalue weighted by Gasteiger charge is 2.25. The van der Waals surface area contributed by atoms with Gasteiger partial charge in [0.1, 0.15) is 9.53 Å². The van der Waals surface area contributed by atoms with Crippen LogP contribution in [-0.4, -0.2) is 33.7 Å². The third-order valence-electron chi connectivity index (χ3n) is 6.57. The molecule has 1 aromatic carbocycles. The largest absolute Gasteiger partial charge is 0.331 e. The van der Waals surface area contributed by atoms with Crippen molar-refractivity contribution in [3.63, 3.8) is 0 Å². The van der Waals surface area contributed by atoms with Gasteiger partial charge in [0.2, 0.25) is 0 Å². The molecule has 0 atom stereocenters. The minimum absolute atomic E-state index is 0.101. The summed E-state index contributed by atoms with van der Waals surface area (Å²) in [6.07, 6.45) is 3.98. The van der Waals surface area contributed by atoms with E-state index in [2.05, 4.69) is 48.1 Å². The highest BCUT2D eigenvalue weighted by atomic mass is 32.1. The van der Waals surface area contributed by atoms with Crippen LogP contribution in [0.3, 0.4) is 0 Å². The van der Waals surface area contributed by atoms with Gasteiger partial charge in [0.25, 0.3) is 5.56 Å². The summed E-state index contributed by atoms with van der Waals surface area (Å²) in [4.78, 5) is 16.5. The zero-order valence-electron chi connectivity index (χ0n) is 17.4. The Morgan fingerprint density at radius 3 is 2.69 bits per heavy atom. The summed E-state index contributed by atoms with van der Waals surface area (Å²) < 4.78 is 5.01. The van der Waals surface area contributed by atoms with Crippen molar-refractivity contribution in [1.29, 1.82) is 0 Å². The number of pyridine rings is 1. The number of hydrogen-bond acceptors (Lipinski definition) is 3. The molecule has 0 bridgehead atoms. The minimum atomic E-state index is 0.101. The first kappa shape index (κ1) is 18.6. The van der Waals surface area contributed by atoms with E-state index >= 15 is 0 Å². The SMILES string of the molecule is C=C1CCc2c1ccc1c2c2c3ccn(C)c(=O)c3sc2n1CCN(CC)CC. The van der Waals surface area contributed by atoms with Gasteiger partial charge in [-0.15, -0.1) is 11.3 Å². The van der Waals surface area contributed by atoms with Crippen molar-refractivity contribution in [1.82, 2.24) is 14.0 Å². The second-order valence-corrected chi connectivity index (χ2v) is 9.02. The predicted octanol–water partition coefficient (Wildman–Crippen LogP) is 5.01. The Labute approximate surface area is 174 Å². The van der Waals surface area contributed by atoms with Crippen LogP contribution in [0.15, 0.2) is 35.8 Å². The fraction of sp³-hybridized carbons (Fsp3) is 0.375. The van der Waals surface area contributed by atoms with E-state index in [0.29, 0.717) is 0 Å². The quantitative estimate of drug-likeness (QED) is 0.467. The third-order valence-corrected chi connectivity index (χ3v) is 7.79. The van der Waals surface area contributed by atoms with Gasteiger partial charge in [-0.05, 0) is 54.8 Å². The molecule has 4 nitrogen and oxygen atoms in total. The highest BCUT2D eigenvalue weighted by molar-refractivity contribution is 7.25. The molecule has 3 heterocycles. The Hall–Kier alpha value is -2.37. The number of thiophene rings is 1. The van der Waals surface area contributed by atoms with Gasteiger partial charge in [-0.1, -0.05) is 26.5 Å². The lowest BCUT2D eigenvalue weighted by molar-refractivity contribution is 0.293. The molecule has 3 aromatic heterocycles. The molecule has 0 N–H and O–H groups in total. The van der Waals surface area contributed by atoms with E-state index in [1.54, 1.807) is 15.9 Å². The van der Waals surface area contributed by atoms with Crippen molar-refractivity contribution in [3.8, 4) is 0 Å². The van der Waals surface area contributed by atoms with Gasteiger partial charge in [0.05, 0.1) is 5.52 Å². The summed E-state index contributed by atoms with van der Waals surface area (Å²) in [5, 5.41) is 3.71. The molecule has 0 saturated heterocycles. The maximum Gasteiger partial charge on any atom is 0.268 e. The molecule has 0 saturated carbocycles. The lowest BCUT2D eigenvalue weighted by atomic mass is 10.0. The van der Waals surface area contributed by atoms with Gasteiger partial charge < -0.3 is 14.0 Å². The van der Waals surface area contributed by atoms with E-state index < -0.39 is 0 Å². The molecule has 0 amide bonds. The highest BCUT2D eigenvalue weighted by Crippen LogP contribution is 2.45. The Morgan fingerprint density at radius 2 is 1.93 bits per heavy atom. The van der Waals surface area contributed by atoms with Crippen LogP contribution in [-0.2, 0) is 20.0 Å². The van der Waals surface area contributed by atoms with Crippen LogP contribution >= 0.6 is 11.3 Å². The minimum Gasteiger partial charge on any atom is -0.331 e. The van der Waals surface area contributed by atoms with Crippen LogP contribution in [0.4, 0.5) is 0 Å². The molecule has 0 fully saturated rings. The predicted molar refractivity (Wildman–Crippen MR) is 125 cm³/mol. The number of benzene rings is 1. The Kier molecular flexibility index (Phi) is 4.41. The molecule has 150 valence electrons. The summed E-state index contributed by atoms with van der Waals surface area (Å²) in [6.45, 7) is 12.8. The lowest BCUT2D eigenvalue weighted by Gasteiger charge is -2.19. The second-order valence-electron chi connectivity index (χ2n) is 8.02. The summed E-state index contributed by atoms with van der Waals surface area (Å²) in [5.41, 5.74) is 5.36. The van der Waals surface area contributed by atoms with E-state index in [4.69, 9.17) is 0 Å². The number of likely N-dealkylation sites (N-methyl/N-ethyl adjacent to an activating group) is 1. The topological polar surface area (TPSA) is 30.2 Å². The average molecular weight is 406 g/mol. The standard InChI is InChI=1S/C24H27N3OS/c1-5-26(6-2)13-14-27-19-10-9-16-15(3)7-8-17(16)20(19)21-18-11-12-25(4)23(28)22(18)29-24(21)27/h9-12H,3,5-8,13-14H2,1-2,4H3. The van der Waals surface area contributed by atoms with Crippen LogP contribution in [0.2, 0.25) is 0 Å². The molecule has 1 aliphatic rings. The van der Waals surface area contributed by atoms with E-state index in [-0.39, 0.29) is 5.56 Å². The van der Waals surface area contributed by atoms with Gasteiger partial charge in [0, 0.05) is 42.5 Å². The van der Waals surface area contributed by atoms with Crippen molar-refractivity contribution >= 4 is 48.1 Å². The molecular weight excluding hydrogens is 378 g/mol. The number of rotatable bonds is 5. The Morgan fingerprint density at radius 1 is 1.14 bits per heavy atom. The summed E-state index contributed by atoms with van der Waals surface area (Å²) in [5.74, 6) is 0. The smallest absolute Gasteiger partial charge is 0.268 e. The van der Waals surface area contributed by atoms with E-state index in [9.17, 15) is 4.79 Å². The first-order chi connectivity index (χ1) is 14.0. The summed E-state index contributed by atoms with van der Waals surface area (Å²) >= 11 is 1.66. The number of hydrogen-bond donors (Lipinski definition) is 0. The monoisotopic (exact) mass is 405 g/mol. The van der Waals surface area contributed by atoms with Gasteiger partial charge in [-0.3, -0.25) is 4.79 Å². The molecule has 29 heavy (non-hydrogen) atoms. The Bertz CT molecular complexity index is 1330. The van der Waals surface area contributed by atoms with Crippen molar-refractivity contribution in [3.05, 3.63) is 52.5 Å². The number of aromatic nitrogens is 2. The molecule has 0 unspecified atom stereocenters. The maximum atomic E-state index is 12.8. The van der Waals surface area contributed by atoms with E-state index in [0.717, 1.165) is 49.1 Å². The Balaban J connectivity index is 1.86. The molecule has 0 radical (unpaired) electrons. The van der Waals surface area contributed by atoms with Gasteiger partial charge in [-0.2, -0.15) is 0 Å². The van der Waals surface area contributed by atoms with Gasteiger partial charge in [0.15, 0.2) is 0 Å². The molecule has 0 aliphatic heterocycles. The van der Waals surface area contributed by atoms with Crippen LogP contribution in [0, 0.1) is 0 Å². The lowest BCUT2D eigenvalue weighted by Crippen LogP contribution is -2.26. The molecule has 5 heteroatoms. The maximum absolute atomic E-state index is 12.8. The van der Waals surface area contributed by atoms with Crippen LogP contribution in [0.25, 0.3) is 36.8 Å². The van der Waals surface area contributed by atoms with Crippen LogP contribution < -0.4 is 5.56 Å². The summed E-state index contributed by atoms with van der Waals surface area (Å²) in [7, 11) is 1.83. The summed E-state index contributed by atoms with van der Waals surface area (Å²) in [6, 6.07) is 6.64. The first-order valence-corrected chi connectivity index (χ1v) is 11.3. The van der Waals surface area contributed by atoms with Crippen molar-refractivity contribution in [2.24, 2.45) is 7.05 Å². The van der Waals surface area contributed by atoms with Crippen molar-refractivity contribution in [2.45, 2.75) is 33.2 Å². The van der Waals surface area contributed by atoms with Crippen LogP contribution in [0.1, 0.15) is 31.4 Å². The van der Waals surface area contributed by atoms with E-state index in [1.807, 2.05) is 13.2 Å². The van der Waals surface area contributed by atoms with E-state index in [1.165, 1.54) is 37.8 Å². The second kappa shape index (κ2) is 6.85. The average Bonchev–Trinajstić information content (AvgIpc) is 3.37. The number of allylic oxidation sites excluding steroid dienone is 1. The molecule has 5 rings (SSSR count). The molecular formula is C24H27N3OS. The number of nitrogens with zero attached hydrogens (tertiary/aromatic N) is 3. The van der Waals surface area contributed by atoms with Gasteiger partial charge in [-0.25, -0.2) is 0 Å². The first-order valence-electron chi connectivity index (χ1n) is 10.5. The number of aryl methyl sites for hydroxylation is 2. The zero-order chi connectivity index (χ0) is 20.3. The molecule has 1 aliphatic carbocycles. The van der Waals surface area contributed by atoms with Crippen molar-refractivity contribution in [2.75, 3.05) is 19.6 Å². The molecule has 0 spiro atoms. The number of fused-ring (bicyclic) bond motifs is 7. The van der Waals surface area contributed by atoms with Crippen LogP contribution in [0.5, 0.6) is 0 Å². The normalized spacial score (nSPS) is 14.1.